The molecule has 0 unspecified atom stereocenters. The zero-order chi connectivity index (χ0) is 29.3. The Hall–Kier alpha value is -5.86. The Labute approximate surface area is 257 Å². The average molecular weight is 563 g/mol. The molecule has 0 amide bonds. The lowest BCUT2D eigenvalue weighted by molar-refractivity contribution is 1.18. The number of aromatic nitrogens is 1. The SMILES string of the molecule is c1ccc(-c2cc3c(cc2-c2ccc(N(c4ccccc4)c4ccccc4)cc2)c2ccccc2n3-c2ccccc2)cc1. The van der Waals surface area contributed by atoms with Gasteiger partial charge < -0.3 is 9.47 Å². The number of benzene rings is 7. The molecule has 0 saturated carbocycles. The second-order valence-corrected chi connectivity index (χ2v) is 11.0. The van der Waals surface area contributed by atoms with Crippen LogP contribution in [-0.2, 0) is 0 Å². The van der Waals surface area contributed by atoms with Gasteiger partial charge in [0.1, 0.15) is 0 Å². The van der Waals surface area contributed by atoms with Gasteiger partial charge in [0.25, 0.3) is 0 Å². The van der Waals surface area contributed by atoms with Crippen LogP contribution < -0.4 is 4.90 Å². The van der Waals surface area contributed by atoms with Crippen LogP contribution in [0, 0.1) is 0 Å². The van der Waals surface area contributed by atoms with Gasteiger partial charge in [0.05, 0.1) is 11.0 Å². The molecule has 208 valence electrons. The highest BCUT2D eigenvalue weighted by Crippen LogP contribution is 2.42. The molecule has 0 radical (unpaired) electrons. The van der Waals surface area contributed by atoms with Crippen molar-refractivity contribution in [2.24, 2.45) is 0 Å². The summed E-state index contributed by atoms with van der Waals surface area (Å²) in [6, 6.07) is 65.0. The Morgan fingerprint density at radius 1 is 0.341 bits per heavy atom. The fourth-order valence-corrected chi connectivity index (χ4v) is 6.36. The molecule has 0 aliphatic heterocycles. The molecule has 0 spiro atoms. The van der Waals surface area contributed by atoms with E-state index in [4.69, 9.17) is 0 Å². The Bertz CT molecular complexity index is 2140. The lowest BCUT2D eigenvalue weighted by Crippen LogP contribution is -2.09. The molecule has 8 rings (SSSR count). The van der Waals surface area contributed by atoms with E-state index in [1.807, 2.05) is 0 Å². The van der Waals surface area contributed by atoms with Gasteiger partial charge in [-0.25, -0.2) is 0 Å². The Morgan fingerprint density at radius 3 is 1.45 bits per heavy atom. The van der Waals surface area contributed by atoms with Crippen LogP contribution in [0.15, 0.2) is 182 Å². The van der Waals surface area contributed by atoms with Crippen LogP contribution in [0.5, 0.6) is 0 Å². The summed E-state index contributed by atoms with van der Waals surface area (Å²) in [6.45, 7) is 0. The predicted octanol–water partition coefficient (Wildman–Crippen LogP) is 11.6. The topological polar surface area (TPSA) is 8.17 Å². The van der Waals surface area contributed by atoms with Crippen molar-refractivity contribution in [1.82, 2.24) is 4.57 Å². The van der Waals surface area contributed by atoms with E-state index in [-0.39, 0.29) is 0 Å². The molecular formula is C42H30N2. The van der Waals surface area contributed by atoms with Gasteiger partial charge in [-0.3, -0.25) is 0 Å². The highest BCUT2D eigenvalue weighted by molar-refractivity contribution is 6.12. The maximum absolute atomic E-state index is 2.39. The predicted molar refractivity (Wildman–Crippen MR) is 186 cm³/mol. The molecule has 0 fully saturated rings. The van der Waals surface area contributed by atoms with Crippen molar-refractivity contribution in [3.8, 4) is 27.9 Å². The van der Waals surface area contributed by atoms with Crippen molar-refractivity contribution >= 4 is 38.9 Å². The molecule has 1 aromatic heterocycles. The summed E-state index contributed by atoms with van der Waals surface area (Å²) in [5.74, 6) is 0. The standard InChI is InChI=1S/C42H30N2/c1-5-15-31(16-6-1)39-30-42-40(37-23-13-14-24-41(37)44(42)35-21-11-4-12-22-35)29-38(39)32-25-27-36(28-26-32)43(33-17-7-2-8-18-33)34-19-9-3-10-20-34/h1-30H. The van der Waals surface area contributed by atoms with Crippen molar-refractivity contribution in [3.63, 3.8) is 0 Å². The zero-order valence-corrected chi connectivity index (χ0v) is 24.2. The quantitative estimate of drug-likeness (QED) is 0.196. The largest absolute Gasteiger partial charge is 0.311 e. The maximum atomic E-state index is 2.39. The molecule has 0 atom stereocenters. The molecule has 7 aromatic carbocycles. The normalized spacial score (nSPS) is 11.2. The number of anilines is 3. The summed E-state index contributed by atoms with van der Waals surface area (Å²) in [7, 11) is 0. The van der Waals surface area contributed by atoms with E-state index in [2.05, 4.69) is 191 Å². The van der Waals surface area contributed by atoms with Crippen LogP contribution in [0.25, 0.3) is 49.7 Å². The van der Waals surface area contributed by atoms with Crippen molar-refractivity contribution in [1.29, 1.82) is 0 Å². The molecule has 2 heteroatoms. The molecule has 44 heavy (non-hydrogen) atoms. The smallest absolute Gasteiger partial charge is 0.0547 e. The summed E-state index contributed by atoms with van der Waals surface area (Å²) in [5.41, 5.74) is 11.8. The van der Waals surface area contributed by atoms with Gasteiger partial charge in [-0.05, 0) is 89.0 Å². The molecular weight excluding hydrogens is 532 g/mol. The number of nitrogens with zero attached hydrogens (tertiary/aromatic N) is 2. The highest BCUT2D eigenvalue weighted by atomic mass is 15.1. The second-order valence-electron chi connectivity index (χ2n) is 11.0. The first-order valence-corrected chi connectivity index (χ1v) is 15.0. The van der Waals surface area contributed by atoms with E-state index in [0.29, 0.717) is 0 Å². The first kappa shape index (κ1) is 25.8. The maximum Gasteiger partial charge on any atom is 0.0547 e. The zero-order valence-electron chi connectivity index (χ0n) is 24.2. The second kappa shape index (κ2) is 11.1. The highest BCUT2D eigenvalue weighted by Gasteiger charge is 2.18. The molecule has 8 aromatic rings. The third kappa shape index (κ3) is 4.54. The Balaban J connectivity index is 1.33. The monoisotopic (exact) mass is 562 g/mol. The van der Waals surface area contributed by atoms with Crippen molar-refractivity contribution in [3.05, 3.63) is 182 Å². The van der Waals surface area contributed by atoms with Crippen molar-refractivity contribution in [2.75, 3.05) is 4.90 Å². The van der Waals surface area contributed by atoms with Gasteiger partial charge in [-0.15, -0.1) is 0 Å². The first-order valence-electron chi connectivity index (χ1n) is 15.0. The Kier molecular flexibility index (Phi) is 6.51. The van der Waals surface area contributed by atoms with Gasteiger partial charge in [0.15, 0.2) is 0 Å². The third-order valence-electron chi connectivity index (χ3n) is 8.38. The van der Waals surface area contributed by atoms with E-state index in [9.17, 15) is 0 Å². The van der Waals surface area contributed by atoms with Gasteiger partial charge in [-0.1, -0.05) is 115 Å². The molecule has 0 aliphatic carbocycles. The lowest BCUT2D eigenvalue weighted by atomic mass is 9.92. The van der Waals surface area contributed by atoms with E-state index in [1.165, 1.54) is 44.1 Å². The summed E-state index contributed by atoms with van der Waals surface area (Å²) in [5, 5.41) is 2.50. The third-order valence-corrected chi connectivity index (χ3v) is 8.38. The van der Waals surface area contributed by atoms with Gasteiger partial charge >= 0.3 is 0 Å². The minimum atomic E-state index is 1.12. The summed E-state index contributed by atoms with van der Waals surface area (Å²) >= 11 is 0. The van der Waals surface area contributed by atoms with Gasteiger partial charge in [0.2, 0.25) is 0 Å². The summed E-state index contributed by atoms with van der Waals surface area (Å²) in [6.07, 6.45) is 0. The van der Waals surface area contributed by atoms with E-state index >= 15 is 0 Å². The van der Waals surface area contributed by atoms with Crippen LogP contribution in [-0.4, -0.2) is 4.57 Å². The number of para-hydroxylation sites is 4. The van der Waals surface area contributed by atoms with Crippen molar-refractivity contribution < 1.29 is 0 Å². The number of rotatable bonds is 6. The lowest BCUT2D eigenvalue weighted by Gasteiger charge is -2.25. The fraction of sp³-hybridized carbons (Fsp3) is 0. The fourth-order valence-electron chi connectivity index (χ4n) is 6.36. The molecule has 0 aliphatic rings. The van der Waals surface area contributed by atoms with Crippen molar-refractivity contribution in [2.45, 2.75) is 0 Å². The number of hydrogen-bond acceptors (Lipinski definition) is 1. The molecule has 1 heterocycles. The summed E-state index contributed by atoms with van der Waals surface area (Å²) < 4.78 is 2.39. The minimum Gasteiger partial charge on any atom is -0.311 e. The molecule has 0 saturated heterocycles. The van der Waals surface area contributed by atoms with Gasteiger partial charge in [0, 0.05) is 33.5 Å². The van der Waals surface area contributed by atoms with E-state index in [0.717, 1.165) is 22.7 Å². The minimum absolute atomic E-state index is 1.12. The van der Waals surface area contributed by atoms with Gasteiger partial charge in [-0.2, -0.15) is 0 Å². The van der Waals surface area contributed by atoms with E-state index in [1.54, 1.807) is 0 Å². The molecule has 0 bridgehead atoms. The van der Waals surface area contributed by atoms with Crippen LogP contribution in [0.4, 0.5) is 17.1 Å². The molecule has 2 nitrogen and oxygen atoms in total. The summed E-state index contributed by atoms with van der Waals surface area (Å²) in [4.78, 5) is 2.30. The van der Waals surface area contributed by atoms with E-state index < -0.39 is 0 Å². The first-order chi connectivity index (χ1) is 21.8. The van der Waals surface area contributed by atoms with Crippen LogP contribution in [0.1, 0.15) is 0 Å². The van der Waals surface area contributed by atoms with Crippen LogP contribution >= 0.6 is 0 Å². The van der Waals surface area contributed by atoms with Crippen LogP contribution in [0.3, 0.4) is 0 Å². The number of fused-ring (bicyclic) bond motifs is 3. The molecule has 0 N–H and O–H groups in total. The average Bonchev–Trinajstić information content (AvgIpc) is 3.43. The number of hydrogen-bond donors (Lipinski definition) is 0. The van der Waals surface area contributed by atoms with Crippen LogP contribution in [0.2, 0.25) is 0 Å². The Morgan fingerprint density at radius 2 is 0.818 bits per heavy atom.